The highest BCUT2D eigenvalue weighted by molar-refractivity contribution is 6.35. The number of nitrogens with zero attached hydrogens (tertiary/aromatic N) is 1. The van der Waals surface area contributed by atoms with E-state index >= 15 is 0 Å². The Labute approximate surface area is 125 Å². The lowest BCUT2D eigenvalue weighted by Gasteiger charge is -2.46. The summed E-state index contributed by atoms with van der Waals surface area (Å²) < 4.78 is 0. The predicted molar refractivity (Wildman–Crippen MR) is 80.9 cm³/mol. The fourth-order valence-corrected chi connectivity index (χ4v) is 3.61. The van der Waals surface area contributed by atoms with Gasteiger partial charge in [-0.1, -0.05) is 29.3 Å². The maximum Gasteiger partial charge on any atom is 0.0465 e. The molecule has 0 amide bonds. The van der Waals surface area contributed by atoms with Crippen molar-refractivity contribution in [2.75, 3.05) is 19.6 Å². The molecular weight excluding hydrogens is 279 g/mol. The predicted octanol–water partition coefficient (Wildman–Crippen LogP) is 3.57. The smallest absolute Gasteiger partial charge is 0.0465 e. The summed E-state index contributed by atoms with van der Waals surface area (Å²) in [7, 11) is 0. The van der Waals surface area contributed by atoms with Gasteiger partial charge in [-0.3, -0.25) is 4.90 Å². The lowest BCUT2D eigenvalue weighted by atomic mass is 9.90. The van der Waals surface area contributed by atoms with Crippen LogP contribution in [0.5, 0.6) is 0 Å². The molecule has 0 bridgehead atoms. The van der Waals surface area contributed by atoms with Gasteiger partial charge in [0.15, 0.2) is 0 Å². The van der Waals surface area contributed by atoms with E-state index in [9.17, 15) is 0 Å². The summed E-state index contributed by atoms with van der Waals surface area (Å²) in [5.41, 5.74) is 1.46. The number of halogens is 2. The molecule has 2 fully saturated rings. The molecule has 1 aliphatic heterocycles. The highest BCUT2D eigenvalue weighted by Gasteiger charge is 2.46. The first-order chi connectivity index (χ1) is 9.09. The quantitative estimate of drug-likeness (QED) is 0.918. The van der Waals surface area contributed by atoms with E-state index in [1.807, 2.05) is 12.1 Å². The molecule has 1 aliphatic carbocycles. The molecular formula is C15H20Cl2N2. The van der Waals surface area contributed by atoms with Crippen molar-refractivity contribution in [2.45, 2.75) is 31.8 Å². The Morgan fingerprint density at radius 2 is 2.16 bits per heavy atom. The second-order valence-corrected chi connectivity index (χ2v) is 6.81. The molecule has 1 aromatic rings. The Morgan fingerprint density at radius 3 is 2.84 bits per heavy atom. The average Bonchev–Trinajstić information content (AvgIpc) is 3.19. The van der Waals surface area contributed by atoms with Crippen LogP contribution >= 0.6 is 23.2 Å². The molecule has 1 N–H and O–H groups in total. The van der Waals surface area contributed by atoms with Crippen LogP contribution in [0.25, 0.3) is 0 Å². The van der Waals surface area contributed by atoms with Crippen LogP contribution in [0.15, 0.2) is 18.2 Å². The molecule has 1 saturated heterocycles. The first-order valence-electron chi connectivity index (χ1n) is 6.99. The molecule has 3 rings (SSSR count). The van der Waals surface area contributed by atoms with Crippen LogP contribution in [0.2, 0.25) is 10.0 Å². The minimum absolute atomic E-state index is 0.279. The van der Waals surface area contributed by atoms with Crippen molar-refractivity contribution >= 4 is 23.2 Å². The van der Waals surface area contributed by atoms with Crippen LogP contribution in [0.3, 0.4) is 0 Å². The van der Waals surface area contributed by atoms with Gasteiger partial charge >= 0.3 is 0 Å². The monoisotopic (exact) mass is 298 g/mol. The lowest BCUT2D eigenvalue weighted by Crippen LogP contribution is -2.60. The van der Waals surface area contributed by atoms with Crippen molar-refractivity contribution in [3.05, 3.63) is 33.8 Å². The molecule has 2 aliphatic rings. The van der Waals surface area contributed by atoms with Crippen LogP contribution in [0, 0.1) is 5.92 Å². The molecule has 2 nitrogen and oxygen atoms in total. The van der Waals surface area contributed by atoms with Crippen molar-refractivity contribution < 1.29 is 0 Å². The third kappa shape index (κ3) is 2.78. The minimum Gasteiger partial charge on any atom is -0.314 e. The zero-order valence-corrected chi connectivity index (χ0v) is 12.8. The molecule has 0 aromatic heterocycles. The molecule has 1 aromatic carbocycles. The highest BCUT2D eigenvalue weighted by atomic mass is 35.5. The van der Waals surface area contributed by atoms with Gasteiger partial charge in [0, 0.05) is 41.8 Å². The van der Waals surface area contributed by atoms with Gasteiger partial charge in [-0.25, -0.2) is 0 Å². The fourth-order valence-electron chi connectivity index (χ4n) is 3.15. The van der Waals surface area contributed by atoms with Crippen LogP contribution in [-0.2, 0) is 6.54 Å². The average molecular weight is 299 g/mol. The molecule has 1 heterocycles. The first kappa shape index (κ1) is 13.7. The van der Waals surface area contributed by atoms with E-state index < -0.39 is 0 Å². The summed E-state index contributed by atoms with van der Waals surface area (Å²) in [4.78, 5) is 2.59. The fraction of sp³-hybridized carbons (Fsp3) is 0.600. The summed E-state index contributed by atoms with van der Waals surface area (Å²) in [6.45, 7) is 6.55. The van der Waals surface area contributed by atoms with Crippen LogP contribution in [-0.4, -0.2) is 30.1 Å². The molecule has 104 valence electrons. The first-order valence-corrected chi connectivity index (χ1v) is 7.75. The van der Waals surface area contributed by atoms with Crippen molar-refractivity contribution in [1.82, 2.24) is 10.2 Å². The molecule has 1 atom stereocenters. The van der Waals surface area contributed by atoms with Crippen LogP contribution in [0.4, 0.5) is 0 Å². The molecule has 4 heteroatoms. The maximum atomic E-state index is 6.31. The Hall–Kier alpha value is -0.280. The number of benzene rings is 1. The van der Waals surface area contributed by atoms with E-state index in [2.05, 4.69) is 23.2 Å². The summed E-state index contributed by atoms with van der Waals surface area (Å²) in [6.07, 6.45) is 2.73. The zero-order chi connectivity index (χ0) is 13.5. The van der Waals surface area contributed by atoms with E-state index in [4.69, 9.17) is 23.2 Å². The zero-order valence-electron chi connectivity index (χ0n) is 11.3. The second-order valence-electron chi connectivity index (χ2n) is 5.97. The van der Waals surface area contributed by atoms with Gasteiger partial charge in [0.25, 0.3) is 0 Å². The highest BCUT2D eigenvalue weighted by Crippen LogP contribution is 2.44. The third-order valence-corrected chi connectivity index (χ3v) is 5.18. The summed E-state index contributed by atoms with van der Waals surface area (Å²) in [5, 5.41) is 5.03. The largest absolute Gasteiger partial charge is 0.314 e. The van der Waals surface area contributed by atoms with Gasteiger partial charge in [-0.05, 0) is 43.4 Å². The summed E-state index contributed by atoms with van der Waals surface area (Å²) >= 11 is 12.3. The van der Waals surface area contributed by atoms with E-state index in [0.717, 1.165) is 37.1 Å². The molecule has 0 spiro atoms. The summed E-state index contributed by atoms with van der Waals surface area (Å²) in [6, 6.07) is 5.83. The van der Waals surface area contributed by atoms with Gasteiger partial charge in [0.05, 0.1) is 0 Å². The SMILES string of the molecule is CC1(C2CC2)CNCCN1Cc1ccc(Cl)cc1Cl. The molecule has 19 heavy (non-hydrogen) atoms. The molecule has 0 radical (unpaired) electrons. The van der Waals surface area contributed by atoms with Gasteiger partial charge in [-0.15, -0.1) is 0 Å². The van der Waals surface area contributed by atoms with Crippen molar-refractivity contribution in [2.24, 2.45) is 5.92 Å². The normalized spacial score (nSPS) is 28.6. The Morgan fingerprint density at radius 1 is 1.37 bits per heavy atom. The van der Waals surface area contributed by atoms with E-state index in [-0.39, 0.29) is 5.54 Å². The number of hydrogen-bond donors (Lipinski definition) is 1. The van der Waals surface area contributed by atoms with Gasteiger partial charge in [-0.2, -0.15) is 0 Å². The van der Waals surface area contributed by atoms with Gasteiger partial charge in [0.2, 0.25) is 0 Å². The van der Waals surface area contributed by atoms with Crippen molar-refractivity contribution in [1.29, 1.82) is 0 Å². The number of piperazine rings is 1. The number of rotatable bonds is 3. The Balaban J connectivity index is 1.80. The second kappa shape index (κ2) is 5.25. The van der Waals surface area contributed by atoms with Crippen molar-refractivity contribution in [3.63, 3.8) is 0 Å². The standard InChI is InChI=1S/C15H20Cl2N2/c1-15(12-3-4-12)10-18-6-7-19(15)9-11-2-5-13(16)8-14(11)17/h2,5,8,12,18H,3-4,6-7,9-10H2,1H3. The maximum absolute atomic E-state index is 6.31. The van der Waals surface area contributed by atoms with E-state index in [1.54, 1.807) is 0 Å². The minimum atomic E-state index is 0.279. The van der Waals surface area contributed by atoms with Crippen LogP contribution < -0.4 is 5.32 Å². The van der Waals surface area contributed by atoms with Gasteiger partial charge in [0.1, 0.15) is 0 Å². The number of nitrogens with one attached hydrogen (secondary N) is 1. The van der Waals surface area contributed by atoms with E-state index in [0.29, 0.717) is 5.02 Å². The van der Waals surface area contributed by atoms with E-state index in [1.165, 1.54) is 18.4 Å². The topological polar surface area (TPSA) is 15.3 Å². The lowest BCUT2D eigenvalue weighted by molar-refractivity contribution is 0.0485. The third-order valence-electron chi connectivity index (χ3n) is 4.60. The Kier molecular flexibility index (Phi) is 3.78. The van der Waals surface area contributed by atoms with Gasteiger partial charge < -0.3 is 5.32 Å². The number of hydrogen-bond acceptors (Lipinski definition) is 2. The Bertz CT molecular complexity index is 473. The molecule has 1 unspecified atom stereocenters. The van der Waals surface area contributed by atoms with Crippen LogP contribution in [0.1, 0.15) is 25.3 Å². The van der Waals surface area contributed by atoms with Crippen molar-refractivity contribution in [3.8, 4) is 0 Å². The molecule has 1 saturated carbocycles. The summed E-state index contributed by atoms with van der Waals surface area (Å²) in [5.74, 6) is 0.839.